The number of hydrogen-bond donors (Lipinski definition) is 0. The highest BCUT2D eigenvalue weighted by atomic mass is 16.1. The molecule has 0 bridgehead atoms. The minimum absolute atomic E-state index is 0.327. The van der Waals surface area contributed by atoms with Crippen molar-refractivity contribution in [1.82, 2.24) is 0 Å². The molecule has 1 aromatic carbocycles. The van der Waals surface area contributed by atoms with Gasteiger partial charge in [-0.1, -0.05) is 13.8 Å². The quantitative estimate of drug-likeness (QED) is 0.687. The number of carbonyl (C=O) groups excluding carboxylic acids is 2. The lowest BCUT2D eigenvalue weighted by molar-refractivity contribution is 0.112. The minimum Gasteiger partial charge on any atom is -0.298 e. The first-order valence-corrected chi connectivity index (χ1v) is 4.65. The van der Waals surface area contributed by atoms with Gasteiger partial charge in [0.25, 0.3) is 0 Å². The topological polar surface area (TPSA) is 34.1 Å². The Morgan fingerprint density at radius 1 is 1.07 bits per heavy atom. The Kier molecular flexibility index (Phi) is 3.18. The van der Waals surface area contributed by atoms with E-state index in [1.165, 1.54) is 0 Å². The number of carbonyl (C=O) groups is 2. The van der Waals surface area contributed by atoms with E-state index in [0.717, 1.165) is 23.7 Å². The lowest BCUT2D eigenvalue weighted by Gasteiger charge is -2.09. The van der Waals surface area contributed by atoms with Crippen LogP contribution in [-0.2, 0) is 0 Å². The van der Waals surface area contributed by atoms with E-state index >= 15 is 0 Å². The second-order valence-electron chi connectivity index (χ2n) is 3.71. The van der Waals surface area contributed by atoms with Gasteiger partial charge in [-0.15, -0.1) is 0 Å². The van der Waals surface area contributed by atoms with Gasteiger partial charge in [0.1, 0.15) is 12.6 Å². The molecule has 0 aliphatic heterocycles. The summed E-state index contributed by atoms with van der Waals surface area (Å²) in [6, 6.07) is 3.69. The Morgan fingerprint density at radius 2 is 1.50 bits per heavy atom. The molecule has 1 aromatic rings. The van der Waals surface area contributed by atoms with Crippen molar-refractivity contribution >= 4 is 12.6 Å². The maximum Gasteiger partial charge on any atom is 0.150 e. The maximum atomic E-state index is 10.8. The third kappa shape index (κ3) is 1.90. The van der Waals surface area contributed by atoms with E-state index in [0.29, 0.717) is 17.0 Å². The lowest BCUT2D eigenvalue weighted by atomic mass is 9.94. The number of aldehydes is 2. The lowest BCUT2D eigenvalue weighted by Crippen LogP contribution is -1.98. The molecule has 0 amide bonds. The summed E-state index contributed by atoms with van der Waals surface area (Å²) in [7, 11) is 0. The average Bonchev–Trinajstić information content (AvgIpc) is 2.17. The SMILES string of the molecule is Cc1c(C=O)cc(C(C)C)cc1C=O. The summed E-state index contributed by atoms with van der Waals surface area (Å²) >= 11 is 0. The molecule has 0 fully saturated rings. The molecule has 0 aliphatic rings. The van der Waals surface area contributed by atoms with E-state index in [4.69, 9.17) is 0 Å². The van der Waals surface area contributed by atoms with Crippen molar-refractivity contribution < 1.29 is 9.59 Å². The summed E-state index contributed by atoms with van der Waals surface area (Å²) in [5.41, 5.74) is 3.01. The molecule has 2 nitrogen and oxygen atoms in total. The summed E-state index contributed by atoms with van der Waals surface area (Å²) < 4.78 is 0. The second-order valence-corrected chi connectivity index (χ2v) is 3.71. The fraction of sp³-hybridized carbons (Fsp3) is 0.333. The molecule has 0 saturated carbocycles. The molecule has 0 saturated heterocycles. The van der Waals surface area contributed by atoms with Gasteiger partial charge in [0.15, 0.2) is 0 Å². The van der Waals surface area contributed by atoms with E-state index < -0.39 is 0 Å². The van der Waals surface area contributed by atoms with Crippen molar-refractivity contribution in [2.75, 3.05) is 0 Å². The van der Waals surface area contributed by atoms with Crippen LogP contribution in [0.2, 0.25) is 0 Å². The smallest absolute Gasteiger partial charge is 0.150 e. The van der Waals surface area contributed by atoms with Crippen LogP contribution in [0.25, 0.3) is 0 Å². The number of hydrogen-bond acceptors (Lipinski definition) is 2. The van der Waals surface area contributed by atoms with Crippen molar-refractivity contribution in [3.63, 3.8) is 0 Å². The van der Waals surface area contributed by atoms with E-state index in [1.807, 2.05) is 26.0 Å². The maximum absolute atomic E-state index is 10.8. The number of benzene rings is 1. The van der Waals surface area contributed by atoms with E-state index in [2.05, 4.69) is 0 Å². The summed E-state index contributed by atoms with van der Waals surface area (Å²) in [5, 5.41) is 0. The van der Waals surface area contributed by atoms with Crippen molar-refractivity contribution in [2.45, 2.75) is 26.7 Å². The molecule has 2 heteroatoms. The van der Waals surface area contributed by atoms with Gasteiger partial charge in [0, 0.05) is 11.1 Å². The summed E-state index contributed by atoms with van der Waals surface area (Å²) in [6.07, 6.45) is 1.60. The monoisotopic (exact) mass is 190 g/mol. The summed E-state index contributed by atoms with van der Waals surface area (Å²) in [4.78, 5) is 21.5. The van der Waals surface area contributed by atoms with Crippen molar-refractivity contribution in [2.24, 2.45) is 0 Å². The molecule has 0 heterocycles. The third-order valence-corrected chi connectivity index (χ3v) is 2.43. The Hall–Kier alpha value is -1.44. The summed E-state index contributed by atoms with van der Waals surface area (Å²) in [5.74, 6) is 0.327. The van der Waals surface area contributed by atoms with Crippen LogP contribution in [0.4, 0.5) is 0 Å². The van der Waals surface area contributed by atoms with E-state index in [1.54, 1.807) is 6.92 Å². The summed E-state index contributed by atoms with van der Waals surface area (Å²) in [6.45, 7) is 5.86. The van der Waals surface area contributed by atoms with Crippen LogP contribution in [-0.4, -0.2) is 12.6 Å². The van der Waals surface area contributed by atoms with E-state index in [9.17, 15) is 9.59 Å². The molecular weight excluding hydrogens is 176 g/mol. The van der Waals surface area contributed by atoms with Gasteiger partial charge in [-0.05, 0) is 36.1 Å². The molecule has 1 rings (SSSR count). The molecule has 0 atom stereocenters. The van der Waals surface area contributed by atoms with Gasteiger partial charge >= 0.3 is 0 Å². The fourth-order valence-electron chi connectivity index (χ4n) is 1.36. The van der Waals surface area contributed by atoms with Gasteiger partial charge in [0.2, 0.25) is 0 Å². The van der Waals surface area contributed by atoms with Gasteiger partial charge in [-0.2, -0.15) is 0 Å². The first-order chi connectivity index (χ1) is 6.60. The molecule has 0 unspecified atom stereocenters. The first kappa shape index (κ1) is 10.6. The zero-order valence-corrected chi connectivity index (χ0v) is 8.70. The third-order valence-electron chi connectivity index (χ3n) is 2.43. The van der Waals surface area contributed by atoms with Gasteiger partial charge in [-0.3, -0.25) is 9.59 Å². The molecule has 0 aliphatic carbocycles. The molecule has 14 heavy (non-hydrogen) atoms. The Balaban J connectivity index is 3.39. The highest BCUT2D eigenvalue weighted by Gasteiger charge is 2.08. The predicted octanol–water partition coefficient (Wildman–Crippen LogP) is 2.74. The molecule has 0 spiro atoms. The highest BCUT2D eigenvalue weighted by molar-refractivity contribution is 5.86. The Morgan fingerprint density at radius 3 is 1.79 bits per heavy atom. The van der Waals surface area contributed by atoms with Gasteiger partial charge < -0.3 is 0 Å². The highest BCUT2D eigenvalue weighted by Crippen LogP contribution is 2.20. The fourth-order valence-corrected chi connectivity index (χ4v) is 1.36. The standard InChI is InChI=1S/C12H14O2/c1-8(2)10-4-11(6-13)9(3)12(5-10)7-14/h4-8H,1-3H3. The molecule has 0 radical (unpaired) electrons. The normalized spacial score (nSPS) is 10.3. The van der Waals surface area contributed by atoms with Crippen LogP contribution in [0.15, 0.2) is 12.1 Å². The van der Waals surface area contributed by atoms with Crippen LogP contribution in [0.5, 0.6) is 0 Å². The van der Waals surface area contributed by atoms with Crippen LogP contribution in [0.1, 0.15) is 51.6 Å². The van der Waals surface area contributed by atoms with Gasteiger partial charge in [0.05, 0.1) is 0 Å². The van der Waals surface area contributed by atoms with Crippen LogP contribution in [0, 0.1) is 6.92 Å². The number of rotatable bonds is 3. The Bertz CT molecular complexity index is 336. The first-order valence-electron chi connectivity index (χ1n) is 4.65. The van der Waals surface area contributed by atoms with Crippen LogP contribution < -0.4 is 0 Å². The van der Waals surface area contributed by atoms with E-state index in [-0.39, 0.29) is 0 Å². The zero-order chi connectivity index (χ0) is 10.7. The molecule has 0 N–H and O–H groups in total. The Labute approximate surface area is 83.9 Å². The van der Waals surface area contributed by atoms with Crippen LogP contribution >= 0.6 is 0 Å². The largest absolute Gasteiger partial charge is 0.298 e. The average molecular weight is 190 g/mol. The van der Waals surface area contributed by atoms with Crippen molar-refractivity contribution in [3.05, 3.63) is 34.4 Å². The molecular formula is C12H14O2. The molecule has 74 valence electrons. The minimum atomic E-state index is 0.327. The van der Waals surface area contributed by atoms with Crippen molar-refractivity contribution in [1.29, 1.82) is 0 Å². The van der Waals surface area contributed by atoms with Crippen molar-refractivity contribution in [3.8, 4) is 0 Å². The van der Waals surface area contributed by atoms with Crippen LogP contribution in [0.3, 0.4) is 0 Å². The predicted molar refractivity (Wildman–Crippen MR) is 56.0 cm³/mol. The zero-order valence-electron chi connectivity index (χ0n) is 8.70. The second kappa shape index (κ2) is 4.18. The van der Waals surface area contributed by atoms with Gasteiger partial charge in [-0.25, -0.2) is 0 Å². The molecule has 0 aromatic heterocycles.